The van der Waals surface area contributed by atoms with Crippen LogP contribution < -0.4 is 0 Å². The summed E-state index contributed by atoms with van der Waals surface area (Å²) < 4.78 is 57.3. The van der Waals surface area contributed by atoms with Gasteiger partial charge in [-0.3, -0.25) is 17.6 Å². The van der Waals surface area contributed by atoms with E-state index in [1.165, 1.54) is 41.2 Å². The van der Waals surface area contributed by atoms with Crippen molar-refractivity contribution < 1.29 is 123 Å². The Morgan fingerprint density at radius 3 is 1.43 bits per heavy atom. The first-order chi connectivity index (χ1) is 43.9. The fourth-order valence-corrected chi connectivity index (χ4v) is 8.50. The van der Waals surface area contributed by atoms with Crippen molar-refractivity contribution in [3.05, 3.63) is 312 Å². The number of carbonyl (C=O) groups is 2. The number of carboxylic acid groups (broad SMARTS) is 2. The summed E-state index contributed by atoms with van der Waals surface area (Å²) in [6.07, 6.45) is 10.7. The largest absolute Gasteiger partial charge is 0.477 e. The number of methoxy groups -OCH3 is 1. The molecule has 4 unspecified atom stereocenters. The number of halogens is 4. The van der Waals surface area contributed by atoms with Gasteiger partial charge in [0.15, 0.2) is 0 Å². The van der Waals surface area contributed by atoms with Crippen molar-refractivity contribution in [2.45, 2.75) is 78.7 Å². The number of aromatic carboxylic acids is 2. The van der Waals surface area contributed by atoms with E-state index in [2.05, 4.69) is 150 Å². The number of hydrogen-bond acceptors (Lipinski definition) is 9. The van der Waals surface area contributed by atoms with E-state index in [0.29, 0.717) is 35.1 Å². The normalized spacial score (nSPS) is 11.2. The fourth-order valence-electron chi connectivity index (χ4n) is 8.50. The Bertz CT molecular complexity index is 3990. The van der Waals surface area contributed by atoms with Crippen LogP contribution >= 0.6 is 0 Å². The Balaban J connectivity index is 0.000000390. The predicted molar refractivity (Wildman–Crippen MR) is 348 cm³/mol. The number of nitrogens with zero attached hydrogens (tertiary/aromatic N) is 6. The maximum absolute atomic E-state index is 13.6. The van der Waals surface area contributed by atoms with Crippen LogP contribution in [0.2, 0.25) is 0 Å². The van der Waals surface area contributed by atoms with Crippen LogP contribution in [-0.4, -0.2) is 59.2 Å². The van der Waals surface area contributed by atoms with E-state index in [0.717, 1.165) is 64.3 Å². The first-order valence-electron chi connectivity index (χ1n) is 29.3. The van der Waals surface area contributed by atoms with Gasteiger partial charge in [0.05, 0.1) is 6.10 Å². The maximum atomic E-state index is 13.6. The van der Waals surface area contributed by atoms with E-state index in [1.807, 2.05) is 80.0 Å². The second-order valence-electron chi connectivity index (χ2n) is 20.9. The van der Waals surface area contributed by atoms with E-state index in [1.54, 1.807) is 55.9 Å². The van der Waals surface area contributed by atoms with E-state index in [9.17, 15) is 27.2 Å². The van der Waals surface area contributed by atoms with Crippen LogP contribution in [0.25, 0.3) is 45.0 Å². The third-order valence-corrected chi connectivity index (χ3v) is 14.4. The van der Waals surface area contributed by atoms with Gasteiger partial charge < -0.3 is 34.9 Å². The summed E-state index contributed by atoms with van der Waals surface area (Å²) in [6, 6.07) is 67.5. The van der Waals surface area contributed by atoms with Crippen LogP contribution in [0, 0.1) is 53.5 Å². The molecule has 0 aliphatic carbocycles. The molecule has 0 amide bonds. The molecule has 0 bridgehead atoms. The van der Waals surface area contributed by atoms with Crippen LogP contribution in [-0.2, 0) is 85.2 Å². The summed E-state index contributed by atoms with van der Waals surface area (Å²) in [6.45, 7) is 15.0. The first kappa shape index (κ1) is 83.3. The minimum Gasteiger partial charge on any atom is -0.477 e. The molecular weight excluding hydrogens is 1920 g/mol. The summed E-state index contributed by atoms with van der Waals surface area (Å²) in [5, 5.41) is 17.0. The third kappa shape index (κ3) is 27.1. The molecule has 11 rings (SSSR count). The number of aromatic nitrogens is 6. The molecule has 11 aromatic rings. The zero-order valence-corrected chi connectivity index (χ0v) is 62.7. The molecule has 0 fully saturated rings. The van der Waals surface area contributed by atoms with Crippen molar-refractivity contribution >= 4 is 11.9 Å². The van der Waals surface area contributed by atoms with E-state index in [4.69, 9.17) is 14.9 Å². The maximum Gasteiger partial charge on any atom is 0.354 e. The van der Waals surface area contributed by atoms with Gasteiger partial charge in [-0.2, -0.15) is 0 Å². The fraction of sp³-hybridized carbons (Fsp3) is 0.184. The number of carboxylic acids is 2. The molecule has 4 atom stereocenters. The molecule has 4 radical (unpaired) electrons. The third-order valence-electron chi connectivity index (χ3n) is 14.4. The van der Waals surface area contributed by atoms with Crippen LogP contribution in [0.3, 0.4) is 0 Å². The van der Waals surface area contributed by atoms with Crippen LogP contribution in [0.4, 0.5) is 17.6 Å². The van der Waals surface area contributed by atoms with Crippen LogP contribution in [0.5, 0.6) is 0 Å². The predicted octanol–water partition coefficient (Wildman–Crippen LogP) is 18.4. The topological polar surface area (TPSA) is 161 Å². The molecule has 6 heterocycles. The molecule has 0 saturated carbocycles. The average Bonchev–Trinajstić information content (AvgIpc) is 0.908. The zero-order valence-electron chi connectivity index (χ0n) is 53.1. The standard InChI is InChI=1S/C19H16N.C16H18N.C15H14F2N.C11H6F2N.C9H11NO3.C6H5NO2.4Ir/c1-15(16-7-3-2-4-8-16)17-10-12-18(13-11-17)19-9-5-6-14-20-19;1-12(2)13(3)15-9-10-17-16(11-15)14-7-5-4-6-8-14;1-3-10(2)11-6-7-18-15(8-11)13-5-4-12(16)9-14(13)17;12-8-4-5-9(10(13)7-8)11-3-1-2-6-14-11;1-6(13-2)7-3-4-10-8(5-7)9(11)12;8-6(9)5-3-1-2-4-7-5;;;;/h2-12,14-15H,1H3;4-7,9-13H,1-3H3;4,6-10H,3H2,1-2H3;1-4,6-7H;3-6H,1-2H3,(H,11,12);1-4H,(H,8,9);;;;/q4*-1;;;;;;. The number of benzene rings is 5. The Morgan fingerprint density at radius 1 is 0.442 bits per heavy atom. The van der Waals surface area contributed by atoms with Crippen LogP contribution in [0.15, 0.2) is 225 Å². The summed E-state index contributed by atoms with van der Waals surface area (Å²) >= 11 is 0. The van der Waals surface area contributed by atoms with Crippen molar-refractivity contribution in [1.82, 2.24) is 29.9 Å². The Labute approximate surface area is 608 Å². The van der Waals surface area contributed by atoms with Gasteiger partial charge >= 0.3 is 11.9 Å². The summed E-state index contributed by atoms with van der Waals surface area (Å²) in [5.41, 5.74) is 11.4. The molecule has 0 spiro atoms. The first-order valence-corrected chi connectivity index (χ1v) is 29.3. The van der Waals surface area contributed by atoms with E-state index < -0.39 is 35.2 Å². The molecule has 502 valence electrons. The molecule has 6 aromatic heterocycles. The van der Waals surface area contributed by atoms with Crippen molar-refractivity contribution in [2.24, 2.45) is 5.92 Å². The molecule has 0 saturated heterocycles. The Hall–Kier alpha value is -7.78. The van der Waals surface area contributed by atoms with Gasteiger partial charge in [-0.05, 0) is 119 Å². The Morgan fingerprint density at radius 2 is 0.937 bits per heavy atom. The van der Waals surface area contributed by atoms with Gasteiger partial charge in [-0.1, -0.05) is 149 Å². The molecule has 5 aromatic carbocycles. The van der Waals surface area contributed by atoms with Gasteiger partial charge in [0.2, 0.25) is 0 Å². The summed E-state index contributed by atoms with van der Waals surface area (Å²) in [4.78, 5) is 44.8. The van der Waals surface area contributed by atoms with Gasteiger partial charge in [-0.15, -0.1) is 95.6 Å². The molecule has 95 heavy (non-hydrogen) atoms. The molecular formula is C76H70F4Ir4N6O5-4. The van der Waals surface area contributed by atoms with Crippen molar-refractivity contribution in [2.75, 3.05) is 7.11 Å². The average molecular weight is 1990 g/mol. The van der Waals surface area contributed by atoms with E-state index >= 15 is 0 Å². The molecule has 19 heteroatoms. The smallest absolute Gasteiger partial charge is 0.354 e. The van der Waals surface area contributed by atoms with Gasteiger partial charge in [0.25, 0.3) is 0 Å². The van der Waals surface area contributed by atoms with Crippen LogP contribution in [0.1, 0.15) is 128 Å². The number of ether oxygens (including phenoxy) is 1. The molecule has 11 nitrogen and oxygen atoms in total. The van der Waals surface area contributed by atoms with Crippen molar-refractivity contribution in [1.29, 1.82) is 0 Å². The Kier molecular flexibility index (Phi) is 38.6. The minimum atomic E-state index is -1.02. The number of hydrogen-bond donors (Lipinski definition) is 2. The molecule has 0 aliphatic rings. The quantitative estimate of drug-likeness (QED) is 0.0787. The zero-order chi connectivity index (χ0) is 65.7. The minimum absolute atomic E-state index is 0. The molecule has 0 aliphatic heterocycles. The van der Waals surface area contributed by atoms with E-state index in [-0.39, 0.29) is 109 Å². The second-order valence-corrected chi connectivity index (χ2v) is 20.9. The number of pyridine rings is 6. The van der Waals surface area contributed by atoms with Crippen molar-refractivity contribution in [3.8, 4) is 45.0 Å². The van der Waals surface area contributed by atoms with Gasteiger partial charge in [-0.25, -0.2) is 19.6 Å². The van der Waals surface area contributed by atoms with Gasteiger partial charge in [0, 0.05) is 148 Å². The second kappa shape index (κ2) is 44.1. The SMILES string of the molecule is CC(C)C(C)c1ccnc(-c2[c-]cccc2)c1.CC(c1c[c-]c(-c2ccccn2)cc1)c1ccccc1.CCC(C)c1ccnc(-c2[c-]cc(F)cc2F)c1.COC(C)c1ccnc(C(=O)O)c1.Fc1c[c-]c(-c2ccccn2)c(F)c1.O=C(O)c1ccccn1.[Ir].[Ir].[Ir].[Ir]. The monoisotopic (exact) mass is 1990 g/mol. The summed E-state index contributed by atoms with van der Waals surface area (Å²) in [7, 11) is 1.57. The molecule has 2 N–H and O–H groups in total. The summed E-state index contributed by atoms with van der Waals surface area (Å²) in [5.74, 6) is -2.60. The number of rotatable bonds is 14. The van der Waals surface area contributed by atoms with Gasteiger partial charge in [0.1, 0.15) is 11.4 Å². The van der Waals surface area contributed by atoms with Crippen molar-refractivity contribution in [3.63, 3.8) is 0 Å².